The largest absolute Gasteiger partial charge is 0.507 e. The summed E-state index contributed by atoms with van der Waals surface area (Å²) in [6.07, 6.45) is 6.34. The van der Waals surface area contributed by atoms with Crippen molar-refractivity contribution >= 4 is 12.4 Å². The summed E-state index contributed by atoms with van der Waals surface area (Å²) in [7, 11) is 1.63. The zero-order valence-corrected chi connectivity index (χ0v) is 12.5. The number of benzene rings is 2. The summed E-state index contributed by atoms with van der Waals surface area (Å²) >= 11 is 0. The molecule has 0 saturated heterocycles. The summed E-state index contributed by atoms with van der Waals surface area (Å²) in [5, 5.41) is 10.1. The second-order valence-electron chi connectivity index (χ2n) is 4.79. The number of methoxy groups -OCH3 is 1. The average molecular weight is 294 g/mol. The third-order valence-electron chi connectivity index (χ3n) is 3.34. The van der Waals surface area contributed by atoms with Crippen molar-refractivity contribution in [2.75, 3.05) is 7.11 Å². The maximum absolute atomic E-state index is 10.4. The van der Waals surface area contributed by atoms with E-state index >= 15 is 0 Å². The zero-order chi connectivity index (χ0) is 15.9. The molecule has 0 aromatic heterocycles. The highest BCUT2D eigenvalue weighted by atomic mass is 16.5. The second-order valence-corrected chi connectivity index (χ2v) is 4.79. The molecule has 0 heterocycles. The number of aldehydes is 1. The molecule has 2 aromatic rings. The van der Waals surface area contributed by atoms with Crippen molar-refractivity contribution in [2.45, 2.75) is 6.42 Å². The highest BCUT2D eigenvalue weighted by Crippen LogP contribution is 2.33. The van der Waals surface area contributed by atoms with Crippen molar-refractivity contribution in [3.8, 4) is 22.6 Å². The Hall–Kier alpha value is -2.81. The summed E-state index contributed by atoms with van der Waals surface area (Å²) in [5.74, 6) is 0.984. The minimum absolute atomic E-state index is 0.193. The van der Waals surface area contributed by atoms with Gasteiger partial charge in [0.15, 0.2) is 0 Å². The zero-order valence-electron chi connectivity index (χ0n) is 12.5. The number of hydrogen-bond acceptors (Lipinski definition) is 3. The molecule has 0 radical (unpaired) electrons. The molecule has 0 amide bonds. The summed E-state index contributed by atoms with van der Waals surface area (Å²) in [6, 6.07) is 11.0. The first-order chi connectivity index (χ1) is 10.7. The molecule has 0 aliphatic rings. The molecular weight excluding hydrogens is 276 g/mol. The molecule has 0 unspecified atom stereocenters. The Morgan fingerprint density at radius 3 is 2.73 bits per heavy atom. The van der Waals surface area contributed by atoms with Crippen LogP contribution in [0, 0.1) is 0 Å². The van der Waals surface area contributed by atoms with Gasteiger partial charge < -0.3 is 9.84 Å². The smallest absolute Gasteiger partial charge is 0.142 e. The monoisotopic (exact) mass is 294 g/mol. The van der Waals surface area contributed by atoms with Crippen molar-refractivity contribution in [2.24, 2.45) is 0 Å². The molecule has 0 bridgehead atoms. The van der Waals surface area contributed by atoms with Crippen molar-refractivity contribution < 1.29 is 14.6 Å². The Kier molecular flexibility index (Phi) is 5.15. The Morgan fingerprint density at radius 2 is 2.05 bits per heavy atom. The van der Waals surface area contributed by atoms with Crippen molar-refractivity contribution in [3.63, 3.8) is 0 Å². The first-order valence-corrected chi connectivity index (χ1v) is 6.92. The van der Waals surface area contributed by atoms with Gasteiger partial charge in [0.2, 0.25) is 0 Å². The van der Waals surface area contributed by atoms with Crippen LogP contribution in [0.3, 0.4) is 0 Å². The fraction of sp³-hybridized carbons (Fsp3) is 0.105. The van der Waals surface area contributed by atoms with Crippen LogP contribution in [0.2, 0.25) is 0 Å². The van der Waals surface area contributed by atoms with Gasteiger partial charge in [0.05, 0.1) is 7.11 Å². The molecule has 0 saturated carbocycles. The van der Waals surface area contributed by atoms with Gasteiger partial charge in [-0.15, -0.1) is 6.58 Å². The van der Waals surface area contributed by atoms with Gasteiger partial charge in [0, 0.05) is 5.56 Å². The summed E-state index contributed by atoms with van der Waals surface area (Å²) in [4.78, 5) is 10.4. The first kappa shape index (κ1) is 15.6. The third kappa shape index (κ3) is 3.44. The molecule has 0 fully saturated rings. The van der Waals surface area contributed by atoms with Crippen LogP contribution < -0.4 is 4.74 Å². The molecule has 112 valence electrons. The summed E-state index contributed by atoms with van der Waals surface area (Å²) in [5.41, 5.74) is 3.45. The van der Waals surface area contributed by atoms with Crippen LogP contribution in [0.1, 0.15) is 11.1 Å². The van der Waals surface area contributed by atoms with Gasteiger partial charge in [-0.05, 0) is 53.5 Å². The van der Waals surface area contributed by atoms with Crippen molar-refractivity contribution in [3.05, 3.63) is 66.3 Å². The molecule has 0 atom stereocenters. The van der Waals surface area contributed by atoms with Crippen LogP contribution in [-0.2, 0) is 11.2 Å². The molecular formula is C19H18O3. The van der Waals surface area contributed by atoms with Crippen LogP contribution in [-0.4, -0.2) is 18.5 Å². The van der Waals surface area contributed by atoms with Crippen LogP contribution in [0.15, 0.2) is 55.1 Å². The Balaban J connectivity index is 2.50. The van der Waals surface area contributed by atoms with Gasteiger partial charge in [-0.2, -0.15) is 0 Å². The van der Waals surface area contributed by atoms with E-state index in [4.69, 9.17) is 4.74 Å². The second kappa shape index (κ2) is 7.27. The maximum Gasteiger partial charge on any atom is 0.142 e. The fourth-order valence-corrected chi connectivity index (χ4v) is 2.30. The van der Waals surface area contributed by atoms with E-state index in [0.29, 0.717) is 12.0 Å². The number of allylic oxidation sites excluding steroid dienone is 2. The van der Waals surface area contributed by atoms with Gasteiger partial charge in [0.25, 0.3) is 0 Å². The average Bonchev–Trinajstić information content (AvgIpc) is 2.54. The Morgan fingerprint density at radius 1 is 1.23 bits per heavy atom. The molecule has 3 nitrogen and oxygen atoms in total. The van der Waals surface area contributed by atoms with Gasteiger partial charge >= 0.3 is 0 Å². The van der Waals surface area contributed by atoms with E-state index in [0.717, 1.165) is 28.7 Å². The third-order valence-corrected chi connectivity index (χ3v) is 3.34. The molecule has 2 rings (SSSR count). The molecule has 3 heteroatoms. The van der Waals surface area contributed by atoms with Gasteiger partial charge in [-0.1, -0.05) is 24.3 Å². The number of phenolic OH excluding ortho intramolecular Hbond substituents is 1. The van der Waals surface area contributed by atoms with Crippen LogP contribution >= 0.6 is 0 Å². The number of rotatable bonds is 6. The molecule has 1 N–H and O–H groups in total. The maximum atomic E-state index is 10.4. The number of hydrogen-bond donors (Lipinski definition) is 1. The Bertz CT molecular complexity index is 715. The number of phenols is 1. The van der Waals surface area contributed by atoms with E-state index in [1.54, 1.807) is 25.3 Å². The van der Waals surface area contributed by atoms with E-state index in [1.165, 1.54) is 6.08 Å². The lowest BCUT2D eigenvalue weighted by molar-refractivity contribution is -0.104. The standard InChI is InChI=1S/C19H18O3/c1-3-5-16-13-15(8-10-19(16)22-2)17-12-14(6-4-11-20)7-9-18(17)21/h3-4,6-13,21H,1,5H2,2H3/b6-4+. The van der Waals surface area contributed by atoms with E-state index < -0.39 is 0 Å². The normalized spacial score (nSPS) is 10.6. The number of carbonyl (C=O) groups excluding carboxylic acids is 1. The van der Waals surface area contributed by atoms with Gasteiger partial charge in [-0.3, -0.25) is 4.79 Å². The predicted octanol–water partition coefficient (Wildman–Crippen LogP) is 4.01. The Labute approximate surface area is 130 Å². The lowest BCUT2D eigenvalue weighted by Gasteiger charge is -2.11. The molecule has 0 aliphatic heterocycles. The van der Waals surface area contributed by atoms with Crippen LogP contribution in [0.25, 0.3) is 17.2 Å². The molecule has 22 heavy (non-hydrogen) atoms. The summed E-state index contributed by atoms with van der Waals surface area (Å²) < 4.78 is 5.34. The minimum Gasteiger partial charge on any atom is -0.507 e. The number of ether oxygens (including phenoxy) is 1. The van der Waals surface area contributed by atoms with E-state index in [2.05, 4.69) is 6.58 Å². The van der Waals surface area contributed by atoms with Crippen molar-refractivity contribution in [1.82, 2.24) is 0 Å². The van der Waals surface area contributed by atoms with Crippen LogP contribution in [0.5, 0.6) is 11.5 Å². The number of aromatic hydroxyl groups is 1. The minimum atomic E-state index is 0.193. The van der Waals surface area contributed by atoms with Crippen molar-refractivity contribution in [1.29, 1.82) is 0 Å². The topological polar surface area (TPSA) is 46.5 Å². The van der Waals surface area contributed by atoms with E-state index in [1.807, 2.05) is 30.3 Å². The van der Waals surface area contributed by atoms with Gasteiger partial charge in [-0.25, -0.2) is 0 Å². The van der Waals surface area contributed by atoms with Gasteiger partial charge in [0.1, 0.15) is 17.8 Å². The first-order valence-electron chi connectivity index (χ1n) is 6.92. The quantitative estimate of drug-likeness (QED) is 0.497. The van der Waals surface area contributed by atoms with E-state index in [-0.39, 0.29) is 5.75 Å². The molecule has 0 spiro atoms. The highest BCUT2D eigenvalue weighted by Gasteiger charge is 2.09. The highest BCUT2D eigenvalue weighted by molar-refractivity contribution is 5.78. The number of carbonyl (C=O) groups is 1. The SMILES string of the molecule is C=CCc1cc(-c2cc(/C=C/C=O)ccc2O)ccc1OC. The lowest BCUT2D eigenvalue weighted by Crippen LogP contribution is -1.92. The van der Waals surface area contributed by atoms with E-state index in [9.17, 15) is 9.90 Å². The lowest BCUT2D eigenvalue weighted by atomic mass is 9.98. The molecule has 0 aliphatic carbocycles. The molecule has 2 aromatic carbocycles. The predicted molar refractivity (Wildman–Crippen MR) is 89.1 cm³/mol. The fourth-order valence-electron chi connectivity index (χ4n) is 2.30. The summed E-state index contributed by atoms with van der Waals surface area (Å²) in [6.45, 7) is 3.75. The van der Waals surface area contributed by atoms with Crippen LogP contribution in [0.4, 0.5) is 0 Å².